The summed E-state index contributed by atoms with van der Waals surface area (Å²) in [5, 5.41) is 16.6. The van der Waals surface area contributed by atoms with E-state index in [-0.39, 0.29) is 6.54 Å². The van der Waals surface area contributed by atoms with Gasteiger partial charge in [-0.2, -0.15) is 10.4 Å². The molecule has 0 saturated heterocycles. The first-order chi connectivity index (χ1) is 14.4. The van der Waals surface area contributed by atoms with Crippen LogP contribution >= 0.6 is 0 Å². The van der Waals surface area contributed by atoms with Gasteiger partial charge in [-0.1, -0.05) is 0 Å². The van der Waals surface area contributed by atoms with Crippen LogP contribution in [-0.4, -0.2) is 32.6 Å². The molecule has 0 fully saturated rings. The van der Waals surface area contributed by atoms with Gasteiger partial charge in [0.25, 0.3) is 6.43 Å². The van der Waals surface area contributed by atoms with Crippen LogP contribution in [0.3, 0.4) is 0 Å². The molecule has 8 nitrogen and oxygen atoms in total. The molecule has 0 atom stereocenters. The number of rotatable bonds is 6. The highest BCUT2D eigenvalue weighted by molar-refractivity contribution is 5.66. The highest BCUT2D eigenvalue weighted by Crippen LogP contribution is 2.27. The fourth-order valence-corrected chi connectivity index (χ4v) is 3.12. The largest absolute Gasteiger partial charge is 0.303 e. The average molecular weight is 414 g/mol. The number of nitriles is 1. The summed E-state index contributed by atoms with van der Waals surface area (Å²) < 4.78 is 40.0. The van der Waals surface area contributed by atoms with E-state index in [1.54, 1.807) is 29.3 Å². The number of nitrogens with zero attached hydrogens (tertiary/aromatic N) is 6. The number of aromatic nitrogens is 2. The van der Waals surface area contributed by atoms with Crippen LogP contribution in [0.5, 0.6) is 0 Å². The van der Waals surface area contributed by atoms with Crippen LogP contribution in [-0.2, 0) is 13.1 Å². The van der Waals surface area contributed by atoms with E-state index in [1.807, 2.05) is 0 Å². The lowest BCUT2D eigenvalue weighted by atomic mass is 10.1. The van der Waals surface area contributed by atoms with Crippen molar-refractivity contribution in [1.29, 1.82) is 5.26 Å². The van der Waals surface area contributed by atoms with Crippen molar-refractivity contribution in [2.45, 2.75) is 26.4 Å². The van der Waals surface area contributed by atoms with Crippen LogP contribution in [0.2, 0.25) is 0 Å². The summed E-state index contributed by atoms with van der Waals surface area (Å²) in [5.74, 6) is -0.424. The van der Waals surface area contributed by atoms with Gasteiger partial charge in [0, 0.05) is 6.20 Å². The number of benzene rings is 1. The number of halogens is 3. The SMILES string of the molecule is Cc1nn(CC(F)F)cc1NN1C=NC2=CNN(Cc3cc(F)ccc3C#N)C2=C1. The van der Waals surface area contributed by atoms with Crippen molar-refractivity contribution in [3.63, 3.8) is 0 Å². The van der Waals surface area contributed by atoms with E-state index in [9.17, 15) is 18.4 Å². The Bertz CT molecular complexity index is 1100. The number of hydrogen-bond acceptors (Lipinski definition) is 7. The normalized spacial score (nSPS) is 14.9. The maximum Gasteiger partial charge on any atom is 0.257 e. The van der Waals surface area contributed by atoms with Crippen LogP contribution in [0.1, 0.15) is 16.8 Å². The molecule has 1 aromatic carbocycles. The first-order valence-electron chi connectivity index (χ1n) is 8.99. The molecule has 11 heteroatoms. The maximum absolute atomic E-state index is 13.6. The smallest absolute Gasteiger partial charge is 0.257 e. The van der Waals surface area contributed by atoms with E-state index < -0.39 is 18.8 Å². The second-order valence-electron chi connectivity index (χ2n) is 6.68. The van der Waals surface area contributed by atoms with Gasteiger partial charge in [-0.05, 0) is 30.7 Å². The minimum Gasteiger partial charge on any atom is -0.303 e. The number of aliphatic imine (C=N–C) groups is 1. The molecule has 3 heterocycles. The number of hydrazine groups is 2. The molecule has 0 radical (unpaired) electrons. The molecule has 2 aliphatic heterocycles. The van der Waals surface area contributed by atoms with Crippen molar-refractivity contribution in [2.75, 3.05) is 5.43 Å². The minimum atomic E-state index is -2.50. The van der Waals surface area contributed by atoms with Gasteiger partial charge in [0.2, 0.25) is 0 Å². The van der Waals surface area contributed by atoms with Gasteiger partial charge >= 0.3 is 0 Å². The zero-order chi connectivity index (χ0) is 21.3. The van der Waals surface area contributed by atoms with Crippen LogP contribution in [0.25, 0.3) is 0 Å². The Kier molecular flexibility index (Phi) is 5.05. The molecule has 30 heavy (non-hydrogen) atoms. The Balaban J connectivity index is 1.52. The molecule has 154 valence electrons. The Labute approximate surface area is 170 Å². The minimum absolute atomic E-state index is 0.237. The lowest BCUT2D eigenvalue weighted by Gasteiger charge is -2.26. The molecule has 2 aromatic rings. The van der Waals surface area contributed by atoms with Gasteiger partial charge in [0.05, 0.1) is 42.0 Å². The number of alkyl halides is 2. The maximum atomic E-state index is 13.6. The topological polar surface area (TPSA) is 84.5 Å². The van der Waals surface area contributed by atoms with Gasteiger partial charge in [-0.15, -0.1) is 0 Å². The third-order valence-corrected chi connectivity index (χ3v) is 4.53. The van der Waals surface area contributed by atoms with Crippen molar-refractivity contribution in [3.05, 3.63) is 70.8 Å². The van der Waals surface area contributed by atoms with E-state index in [0.717, 1.165) is 0 Å². The molecule has 0 amide bonds. The lowest BCUT2D eigenvalue weighted by Crippen LogP contribution is -2.33. The second-order valence-corrected chi connectivity index (χ2v) is 6.68. The van der Waals surface area contributed by atoms with E-state index in [1.165, 1.54) is 35.4 Å². The lowest BCUT2D eigenvalue weighted by molar-refractivity contribution is 0.121. The number of hydrogen-bond donors (Lipinski definition) is 2. The quantitative estimate of drug-likeness (QED) is 0.756. The third kappa shape index (κ3) is 3.93. The Hall–Kier alpha value is -3.94. The highest BCUT2D eigenvalue weighted by Gasteiger charge is 2.25. The standard InChI is InChI=1S/C19H17F3N8/c1-12-17(8-28(26-12)10-19(21)22)27-29-9-18-16(24-11-29)6-25-30(18)7-14-4-15(20)3-2-13(14)5-23/h2-4,6,8-9,11,19,25,27H,7,10H2,1H3. The highest BCUT2D eigenvalue weighted by atomic mass is 19.3. The van der Waals surface area contributed by atoms with Gasteiger partial charge in [-0.3, -0.25) is 15.1 Å². The van der Waals surface area contributed by atoms with Gasteiger partial charge in [-0.25, -0.2) is 23.2 Å². The Morgan fingerprint density at radius 3 is 2.93 bits per heavy atom. The summed E-state index contributed by atoms with van der Waals surface area (Å²) in [6.07, 6.45) is 3.97. The van der Waals surface area contributed by atoms with E-state index in [2.05, 4.69) is 27.0 Å². The zero-order valence-electron chi connectivity index (χ0n) is 15.9. The van der Waals surface area contributed by atoms with Crippen LogP contribution < -0.4 is 10.9 Å². The molecular formula is C19H17F3N8. The molecule has 0 unspecified atom stereocenters. The Morgan fingerprint density at radius 2 is 2.17 bits per heavy atom. The van der Waals surface area contributed by atoms with Gasteiger partial charge < -0.3 is 5.43 Å². The van der Waals surface area contributed by atoms with Crippen molar-refractivity contribution < 1.29 is 13.2 Å². The van der Waals surface area contributed by atoms with Crippen molar-refractivity contribution in [1.82, 2.24) is 25.2 Å². The third-order valence-electron chi connectivity index (χ3n) is 4.53. The molecule has 1 aromatic heterocycles. The number of anilines is 1. The monoisotopic (exact) mass is 414 g/mol. The molecule has 0 saturated carbocycles. The summed E-state index contributed by atoms with van der Waals surface area (Å²) >= 11 is 0. The van der Waals surface area contributed by atoms with Crippen molar-refractivity contribution in [2.24, 2.45) is 4.99 Å². The number of aryl methyl sites for hydroxylation is 1. The average Bonchev–Trinajstić information content (AvgIpc) is 3.24. The van der Waals surface area contributed by atoms with Gasteiger partial charge in [0.1, 0.15) is 30.1 Å². The second kappa shape index (κ2) is 7.82. The first kappa shape index (κ1) is 19.4. The molecule has 4 rings (SSSR count). The summed E-state index contributed by atoms with van der Waals surface area (Å²) in [6.45, 7) is 1.46. The summed E-state index contributed by atoms with van der Waals surface area (Å²) in [4.78, 5) is 4.35. The van der Waals surface area contributed by atoms with E-state index in [0.29, 0.717) is 33.9 Å². The van der Waals surface area contributed by atoms with E-state index in [4.69, 9.17) is 0 Å². The summed E-state index contributed by atoms with van der Waals surface area (Å²) in [6, 6.07) is 6.07. The van der Waals surface area contributed by atoms with Crippen LogP contribution in [0.4, 0.5) is 18.9 Å². The summed E-state index contributed by atoms with van der Waals surface area (Å²) in [5.41, 5.74) is 9.47. The van der Waals surface area contributed by atoms with Gasteiger partial charge in [0.15, 0.2) is 0 Å². The number of nitrogens with one attached hydrogen (secondary N) is 2. The molecule has 2 N–H and O–H groups in total. The van der Waals surface area contributed by atoms with E-state index >= 15 is 0 Å². The number of fused-ring (bicyclic) bond motifs is 1. The summed E-state index contributed by atoms with van der Waals surface area (Å²) in [7, 11) is 0. The fourth-order valence-electron chi connectivity index (χ4n) is 3.12. The molecular weight excluding hydrogens is 397 g/mol. The first-order valence-corrected chi connectivity index (χ1v) is 8.99. The fraction of sp³-hybridized carbons (Fsp3) is 0.211. The predicted octanol–water partition coefficient (Wildman–Crippen LogP) is 2.84. The van der Waals surface area contributed by atoms with Crippen molar-refractivity contribution in [3.8, 4) is 6.07 Å². The molecule has 0 aliphatic carbocycles. The predicted molar refractivity (Wildman–Crippen MR) is 103 cm³/mol. The zero-order valence-corrected chi connectivity index (χ0v) is 15.9. The molecule has 0 spiro atoms. The molecule has 2 aliphatic rings. The van der Waals surface area contributed by atoms with Crippen LogP contribution in [0.15, 0.2) is 53.2 Å². The molecule has 0 bridgehead atoms. The van der Waals surface area contributed by atoms with Crippen LogP contribution in [0, 0.1) is 24.1 Å². The van der Waals surface area contributed by atoms with Crippen molar-refractivity contribution >= 4 is 12.0 Å². The Morgan fingerprint density at radius 1 is 1.33 bits per heavy atom.